The summed E-state index contributed by atoms with van der Waals surface area (Å²) in [6, 6.07) is 6.73. The molecule has 4 N–H and O–H groups in total. The third-order valence-electron chi connectivity index (χ3n) is 3.76. The summed E-state index contributed by atoms with van der Waals surface area (Å²) < 4.78 is 5.09. The van der Waals surface area contributed by atoms with Crippen molar-refractivity contribution in [3.05, 3.63) is 24.3 Å². The highest BCUT2D eigenvalue weighted by Gasteiger charge is 2.31. The monoisotopic (exact) mass is 292 g/mol. The molecule has 0 aliphatic heterocycles. The van der Waals surface area contributed by atoms with Crippen molar-refractivity contribution in [1.29, 1.82) is 0 Å². The Morgan fingerprint density at radius 1 is 1.38 bits per heavy atom. The van der Waals surface area contributed by atoms with Gasteiger partial charge >= 0.3 is 5.97 Å². The Morgan fingerprint density at radius 2 is 2.19 bits per heavy atom. The van der Waals surface area contributed by atoms with Crippen LogP contribution in [0.15, 0.2) is 24.3 Å². The number of anilines is 1. The van der Waals surface area contributed by atoms with Crippen molar-refractivity contribution in [1.82, 2.24) is 0 Å². The predicted molar refractivity (Wildman–Crippen MR) is 78.1 cm³/mol. The van der Waals surface area contributed by atoms with Crippen molar-refractivity contribution < 1.29 is 19.4 Å². The molecule has 1 aromatic rings. The van der Waals surface area contributed by atoms with Gasteiger partial charge in [0, 0.05) is 17.7 Å². The lowest BCUT2D eigenvalue weighted by Crippen LogP contribution is -2.29. The number of hydrogen-bond acceptors (Lipinski definition) is 4. The quantitative estimate of drug-likeness (QED) is 0.737. The van der Waals surface area contributed by atoms with Crippen molar-refractivity contribution >= 4 is 17.6 Å². The Bertz CT molecular complexity index is 518. The first-order chi connectivity index (χ1) is 10.1. The molecule has 6 nitrogen and oxygen atoms in total. The van der Waals surface area contributed by atoms with E-state index in [-0.39, 0.29) is 17.7 Å². The number of ether oxygens (including phenoxy) is 1. The number of benzene rings is 1. The van der Waals surface area contributed by atoms with Gasteiger partial charge < -0.3 is 20.9 Å². The lowest BCUT2D eigenvalue weighted by molar-refractivity contribution is -0.139. The fraction of sp³-hybridized carbons (Fsp3) is 0.467. The zero-order chi connectivity index (χ0) is 15.2. The van der Waals surface area contributed by atoms with E-state index in [9.17, 15) is 9.59 Å². The fourth-order valence-corrected chi connectivity index (χ4v) is 2.71. The van der Waals surface area contributed by atoms with Gasteiger partial charge in [-0.05, 0) is 37.4 Å². The largest absolute Gasteiger partial charge is 0.482 e. The molecule has 0 saturated heterocycles. The molecular formula is C15H20N2O4. The van der Waals surface area contributed by atoms with Gasteiger partial charge in [0.2, 0.25) is 5.91 Å². The molecule has 0 heterocycles. The molecule has 1 fully saturated rings. The summed E-state index contributed by atoms with van der Waals surface area (Å²) in [6.07, 6.45) is 2.89. The second-order valence-electron chi connectivity index (χ2n) is 5.23. The fourth-order valence-electron chi connectivity index (χ4n) is 2.71. The van der Waals surface area contributed by atoms with Gasteiger partial charge in [0.05, 0.1) is 0 Å². The number of aliphatic carboxylic acids is 1. The van der Waals surface area contributed by atoms with Crippen LogP contribution in [0.3, 0.4) is 0 Å². The number of carboxylic acid groups (broad SMARTS) is 1. The Hall–Kier alpha value is -2.08. The molecule has 0 aromatic heterocycles. The van der Waals surface area contributed by atoms with Gasteiger partial charge in [-0.25, -0.2) is 4.79 Å². The first kappa shape index (κ1) is 15.3. The standard InChI is InChI=1S/C15H20N2O4/c16-8-10-3-1-6-13(10)15(20)17-11-4-2-5-12(7-11)21-9-14(18)19/h2,4-5,7,10,13H,1,3,6,8-9,16H2,(H,17,20)(H,18,19). The van der Waals surface area contributed by atoms with E-state index in [2.05, 4.69) is 5.32 Å². The molecule has 0 bridgehead atoms. The van der Waals surface area contributed by atoms with E-state index in [0.29, 0.717) is 18.0 Å². The summed E-state index contributed by atoms with van der Waals surface area (Å²) in [6.45, 7) is 0.120. The third kappa shape index (κ3) is 4.19. The third-order valence-corrected chi connectivity index (χ3v) is 3.76. The SMILES string of the molecule is NCC1CCCC1C(=O)Nc1cccc(OCC(=O)O)c1. The molecule has 1 aliphatic rings. The van der Waals surface area contributed by atoms with Crippen molar-refractivity contribution in [3.8, 4) is 5.75 Å². The van der Waals surface area contributed by atoms with E-state index in [4.69, 9.17) is 15.6 Å². The van der Waals surface area contributed by atoms with Crippen LogP contribution in [0.25, 0.3) is 0 Å². The van der Waals surface area contributed by atoms with Crippen LogP contribution in [0.5, 0.6) is 5.75 Å². The molecule has 1 saturated carbocycles. The van der Waals surface area contributed by atoms with Crippen molar-refractivity contribution in [3.63, 3.8) is 0 Å². The van der Waals surface area contributed by atoms with Crippen LogP contribution in [0.2, 0.25) is 0 Å². The average molecular weight is 292 g/mol. The van der Waals surface area contributed by atoms with Crippen LogP contribution in [-0.2, 0) is 9.59 Å². The number of nitrogens with two attached hydrogens (primary N) is 1. The van der Waals surface area contributed by atoms with Crippen molar-refractivity contribution in [2.45, 2.75) is 19.3 Å². The van der Waals surface area contributed by atoms with Gasteiger partial charge in [0.1, 0.15) is 5.75 Å². The summed E-state index contributed by atoms with van der Waals surface area (Å²) in [4.78, 5) is 22.7. The number of rotatable bonds is 6. The van der Waals surface area contributed by atoms with Crippen LogP contribution in [-0.4, -0.2) is 30.1 Å². The maximum Gasteiger partial charge on any atom is 0.341 e. The molecule has 2 unspecified atom stereocenters. The zero-order valence-corrected chi connectivity index (χ0v) is 11.7. The minimum absolute atomic E-state index is 0.0293. The maximum atomic E-state index is 12.3. The van der Waals surface area contributed by atoms with Gasteiger partial charge in [-0.3, -0.25) is 4.79 Å². The highest BCUT2D eigenvalue weighted by atomic mass is 16.5. The van der Waals surface area contributed by atoms with Crippen LogP contribution < -0.4 is 15.8 Å². The summed E-state index contributed by atoms with van der Waals surface area (Å²) in [5.74, 6) is -0.452. The number of amides is 1. The lowest BCUT2D eigenvalue weighted by Gasteiger charge is -2.17. The highest BCUT2D eigenvalue weighted by Crippen LogP contribution is 2.32. The Kier molecular flexibility index (Phi) is 5.16. The normalized spacial score (nSPS) is 21.0. The van der Waals surface area contributed by atoms with Gasteiger partial charge in [0.25, 0.3) is 0 Å². The first-order valence-electron chi connectivity index (χ1n) is 7.05. The molecular weight excluding hydrogens is 272 g/mol. The summed E-state index contributed by atoms with van der Waals surface area (Å²) in [5.41, 5.74) is 6.29. The van der Waals surface area contributed by atoms with E-state index in [1.54, 1.807) is 24.3 Å². The van der Waals surface area contributed by atoms with Crippen molar-refractivity contribution in [2.24, 2.45) is 17.6 Å². The highest BCUT2D eigenvalue weighted by molar-refractivity contribution is 5.93. The van der Waals surface area contributed by atoms with E-state index >= 15 is 0 Å². The minimum atomic E-state index is -1.04. The Morgan fingerprint density at radius 3 is 2.90 bits per heavy atom. The molecule has 1 aliphatic carbocycles. The number of carbonyl (C=O) groups excluding carboxylic acids is 1. The molecule has 2 atom stereocenters. The van der Waals surface area contributed by atoms with Gasteiger partial charge in [-0.2, -0.15) is 0 Å². The van der Waals surface area contributed by atoms with E-state index in [1.807, 2.05) is 0 Å². The minimum Gasteiger partial charge on any atom is -0.482 e. The number of carbonyl (C=O) groups is 2. The van der Waals surface area contributed by atoms with Crippen molar-refractivity contribution in [2.75, 3.05) is 18.5 Å². The van der Waals surface area contributed by atoms with E-state index in [1.165, 1.54) is 0 Å². The van der Waals surface area contributed by atoms with Crippen LogP contribution in [0, 0.1) is 11.8 Å². The zero-order valence-electron chi connectivity index (χ0n) is 11.7. The topological polar surface area (TPSA) is 102 Å². The Balaban J connectivity index is 1.97. The smallest absolute Gasteiger partial charge is 0.341 e. The summed E-state index contributed by atoms with van der Waals surface area (Å²) in [7, 11) is 0. The average Bonchev–Trinajstić information content (AvgIpc) is 2.94. The summed E-state index contributed by atoms with van der Waals surface area (Å²) in [5, 5.41) is 11.4. The number of carboxylic acids is 1. The Labute approximate surface area is 123 Å². The van der Waals surface area contributed by atoms with E-state index in [0.717, 1.165) is 19.3 Å². The molecule has 21 heavy (non-hydrogen) atoms. The maximum absolute atomic E-state index is 12.3. The molecule has 0 spiro atoms. The molecule has 6 heteroatoms. The number of hydrogen-bond donors (Lipinski definition) is 3. The van der Waals surface area contributed by atoms with Crippen LogP contribution in [0.1, 0.15) is 19.3 Å². The number of nitrogens with one attached hydrogen (secondary N) is 1. The molecule has 2 rings (SSSR count). The second kappa shape index (κ2) is 7.08. The second-order valence-corrected chi connectivity index (χ2v) is 5.23. The molecule has 1 aromatic carbocycles. The molecule has 114 valence electrons. The van der Waals surface area contributed by atoms with Crippen LogP contribution >= 0.6 is 0 Å². The molecule has 1 amide bonds. The lowest BCUT2D eigenvalue weighted by atomic mass is 9.95. The van der Waals surface area contributed by atoms with Gasteiger partial charge in [-0.1, -0.05) is 12.5 Å². The van der Waals surface area contributed by atoms with Gasteiger partial charge in [-0.15, -0.1) is 0 Å². The van der Waals surface area contributed by atoms with Crippen LogP contribution in [0.4, 0.5) is 5.69 Å². The summed E-state index contributed by atoms with van der Waals surface area (Å²) >= 11 is 0. The first-order valence-corrected chi connectivity index (χ1v) is 7.05. The predicted octanol–water partition coefficient (Wildman–Crippen LogP) is 1.46. The van der Waals surface area contributed by atoms with E-state index < -0.39 is 12.6 Å². The molecule has 0 radical (unpaired) electrons. The van der Waals surface area contributed by atoms with Gasteiger partial charge in [0.15, 0.2) is 6.61 Å².